The SMILES string of the molecule is COC(=O)c1ccc(C2C(C(=O)c3cccs3)=C(O)C(=O)N2CCN2CCCCC2)cc1. The smallest absolute Gasteiger partial charge is 0.337 e. The molecule has 0 aliphatic carbocycles. The first-order chi connectivity index (χ1) is 15.5. The van der Waals surface area contributed by atoms with Crippen LogP contribution in [0.1, 0.15) is 50.9 Å². The van der Waals surface area contributed by atoms with Crippen molar-refractivity contribution in [1.29, 1.82) is 0 Å². The van der Waals surface area contributed by atoms with Crippen LogP contribution in [0.3, 0.4) is 0 Å². The summed E-state index contributed by atoms with van der Waals surface area (Å²) in [5, 5.41) is 12.5. The Kier molecular flexibility index (Phi) is 6.72. The molecule has 0 radical (unpaired) electrons. The van der Waals surface area contributed by atoms with Crippen molar-refractivity contribution in [3.8, 4) is 0 Å². The van der Waals surface area contributed by atoms with Crippen molar-refractivity contribution in [2.75, 3.05) is 33.3 Å². The van der Waals surface area contributed by atoms with E-state index < -0.39 is 23.7 Å². The first-order valence-corrected chi connectivity index (χ1v) is 11.6. The normalized spacial score (nSPS) is 19.5. The van der Waals surface area contributed by atoms with Gasteiger partial charge in [0.2, 0.25) is 5.78 Å². The number of hydrogen-bond donors (Lipinski definition) is 1. The van der Waals surface area contributed by atoms with E-state index in [-0.39, 0.29) is 11.4 Å². The van der Waals surface area contributed by atoms with Crippen LogP contribution >= 0.6 is 11.3 Å². The number of benzene rings is 1. The van der Waals surface area contributed by atoms with Gasteiger partial charge in [0.25, 0.3) is 5.91 Å². The summed E-state index contributed by atoms with van der Waals surface area (Å²) in [6.45, 7) is 3.05. The third-order valence-corrected chi connectivity index (χ3v) is 6.92. The number of methoxy groups -OCH3 is 1. The molecule has 0 saturated carbocycles. The molecular weight excluding hydrogens is 428 g/mol. The van der Waals surface area contributed by atoms with Gasteiger partial charge in [-0.05, 0) is 55.1 Å². The van der Waals surface area contributed by atoms with Crippen LogP contribution in [-0.4, -0.2) is 65.9 Å². The molecule has 1 fully saturated rings. The van der Waals surface area contributed by atoms with Crippen molar-refractivity contribution >= 4 is 29.0 Å². The van der Waals surface area contributed by atoms with E-state index in [2.05, 4.69) is 4.90 Å². The highest BCUT2D eigenvalue weighted by atomic mass is 32.1. The second kappa shape index (κ2) is 9.67. The van der Waals surface area contributed by atoms with E-state index in [0.717, 1.165) is 25.9 Å². The maximum absolute atomic E-state index is 13.2. The summed E-state index contributed by atoms with van der Waals surface area (Å²) in [7, 11) is 1.31. The standard InChI is InChI=1S/C24H26N2O5S/c1-31-24(30)17-9-7-16(8-10-17)20-19(21(27)18-6-5-15-32-18)22(28)23(29)26(20)14-13-25-11-3-2-4-12-25/h5-10,15,20,28H,2-4,11-14H2,1H3. The Morgan fingerprint density at radius 1 is 1.09 bits per heavy atom. The maximum atomic E-state index is 13.2. The fourth-order valence-corrected chi connectivity index (χ4v) is 5.03. The highest BCUT2D eigenvalue weighted by Gasteiger charge is 2.44. The molecular formula is C24H26N2O5S. The number of piperidine rings is 1. The number of ether oxygens (including phenoxy) is 1. The fourth-order valence-electron chi connectivity index (χ4n) is 4.35. The number of thiophene rings is 1. The molecule has 4 rings (SSSR count). The Balaban J connectivity index is 1.66. The Hall–Kier alpha value is -2.97. The third-order valence-electron chi connectivity index (χ3n) is 6.05. The average molecular weight is 455 g/mol. The quantitative estimate of drug-likeness (QED) is 0.508. The zero-order valence-corrected chi connectivity index (χ0v) is 18.8. The topological polar surface area (TPSA) is 87.2 Å². The summed E-state index contributed by atoms with van der Waals surface area (Å²) in [4.78, 5) is 42.5. The number of ketones is 1. The minimum atomic E-state index is -0.714. The molecule has 32 heavy (non-hydrogen) atoms. The first-order valence-electron chi connectivity index (χ1n) is 10.7. The van der Waals surface area contributed by atoms with Crippen LogP contribution in [0.5, 0.6) is 0 Å². The first kappa shape index (κ1) is 22.2. The number of aliphatic hydroxyl groups excluding tert-OH is 1. The van der Waals surface area contributed by atoms with Crippen molar-refractivity contribution in [2.45, 2.75) is 25.3 Å². The summed E-state index contributed by atoms with van der Waals surface area (Å²) in [6, 6.07) is 9.37. The molecule has 168 valence electrons. The van der Waals surface area contributed by atoms with Gasteiger partial charge in [0.1, 0.15) is 0 Å². The molecule has 1 atom stereocenters. The van der Waals surface area contributed by atoms with Gasteiger partial charge in [-0.1, -0.05) is 24.6 Å². The highest BCUT2D eigenvalue weighted by molar-refractivity contribution is 7.12. The van der Waals surface area contributed by atoms with Crippen molar-refractivity contribution in [1.82, 2.24) is 9.80 Å². The average Bonchev–Trinajstić information content (AvgIpc) is 3.45. The molecule has 2 aliphatic rings. The molecule has 8 heteroatoms. The summed E-state index contributed by atoms with van der Waals surface area (Å²) in [5.74, 6) is -1.85. The molecule has 7 nitrogen and oxygen atoms in total. The molecule has 2 aromatic rings. The minimum absolute atomic E-state index is 0.0851. The summed E-state index contributed by atoms with van der Waals surface area (Å²) in [6.07, 6.45) is 3.49. The lowest BCUT2D eigenvalue weighted by molar-refractivity contribution is -0.129. The second-order valence-corrected chi connectivity index (χ2v) is 8.93. The van der Waals surface area contributed by atoms with Gasteiger partial charge in [-0.3, -0.25) is 9.59 Å². The van der Waals surface area contributed by atoms with E-state index in [1.54, 1.807) is 46.7 Å². The number of hydrogen-bond acceptors (Lipinski definition) is 7. The summed E-state index contributed by atoms with van der Waals surface area (Å²) >= 11 is 1.27. The number of esters is 1. The van der Waals surface area contributed by atoms with Gasteiger partial charge < -0.3 is 19.6 Å². The van der Waals surface area contributed by atoms with E-state index in [1.165, 1.54) is 24.9 Å². The number of amides is 1. The molecule has 1 aromatic carbocycles. The van der Waals surface area contributed by atoms with E-state index >= 15 is 0 Å². The van der Waals surface area contributed by atoms with E-state index in [9.17, 15) is 19.5 Å². The van der Waals surface area contributed by atoms with Crippen molar-refractivity contribution < 1.29 is 24.2 Å². The number of aliphatic hydroxyl groups is 1. The van der Waals surface area contributed by atoms with Gasteiger partial charge >= 0.3 is 5.97 Å². The van der Waals surface area contributed by atoms with Crippen LogP contribution in [0.25, 0.3) is 0 Å². The second-order valence-electron chi connectivity index (χ2n) is 7.99. The lowest BCUT2D eigenvalue weighted by atomic mass is 9.94. The molecule has 1 saturated heterocycles. The molecule has 0 spiro atoms. The van der Waals surface area contributed by atoms with E-state index in [1.807, 2.05) is 0 Å². The van der Waals surface area contributed by atoms with Gasteiger partial charge in [0, 0.05) is 13.1 Å². The number of nitrogens with zero attached hydrogens (tertiary/aromatic N) is 2. The molecule has 2 aliphatic heterocycles. The number of likely N-dealkylation sites (tertiary alicyclic amines) is 1. The Labute approximate surface area is 190 Å². The van der Waals surface area contributed by atoms with Crippen molar-refractivity contribution in [2.24, 2.45) is 0 Å². The van der Waals surface area contributed by atoms with Crippen LogP contribution in [-0.2, 0) is 9.53 Å². The maximum Gasteiger partial charge on any atom is 0.337 e. The van der Waals surface area contributed by atoms with E-state index in [0.29, 0.717) is 29.1 Å². The number of carbonyl (C=O) groups is 3. The third kappa shape index (κ3) is 4.33. The zero-order valence-electron chi connectivity index (χ0n) is 18.0. The number of carbonyl (C=O) groups excluding carboxylic acids is 3. The Morgan fingerprint density at radius 3 is 2.44 bits per heavy atom. The number of Topliss-reactive ketones (excluding diaryl/α,β-unsaturated/α-hetero) is 1. The largest absolute Gasteiger partial charge is 0.503 e. The lowest BCUT2D eigenvalue weighted by Gasteiger charge is -2.31. The van der Waals surface area contributed by atoms with E-state index in [4.69, 9.17) is 4.74 Å². The summed E-state index contributed by atoms with van der Waals surface area (Å²) < 4.78 is 4.76. The molecule has 3 heterocycles. The molecule has 1 N–H and O–H groups in total. The van der Waals surface area contributed by atoms with Crippen LogP contribution in [0.15, 0.2) is 53.1 Å². The molecule has 0 bridgehead atoms. The Bertz CT molecular complexity index is 1020. The predicted molar refractivity (Wildman–Crippen MR) is 121 cm³/mol. The van der Waals surface area contributed by atoms with Crippen molar-refractivity contribution in [3.63, 3.8) is 0 Å². The van der Waals surface area contributed by atoms with Crippen LogP contribution in [0.2, 0.25) is 0 Å². The van der Waals surface area contributed by atoms with Crippen LogP contribution < -0.4 is 0 Å². The molecule has 1 aromatic heterocycles. The molecule has 1 unspecified atom stereocenters. The van der Waals surface area contributed by atoms with Gasteiger partial charge in [0.05, 0.1) is 29.2 Å². The van der Waals surface area contributed by atoms with Gasteiger partial charge in [-0.2, -0.15) is 0 Å². The van der Waals surface area contributed by atoms with Gasteiger partial charge in [-0.15, -0.1) is 11.3 Å². The minimum Gasteiger partial charge on any atom is -0.503 e. The monoisotopic (exact) mass is 454 g/mol. The van der Waals surface area contributed by atoms with Gasteiger partial charge in [0.15, 0.2) is 5.76 Å². The zero-order chi connectivity index (χ0) is 22.7. The number of rotatable bonds is 7. The predicted octanol–water partition coefficient (Wildman–Crippen LogP) is 3.60. The van der Waals surface area contributed by atoms with Crippen LogP contribution in [0, 0.1) is 0 Å². The fraction of sp³-hybridized carbons (Fsp3) is 0.375. The van der Waals surface area contributed by atoms with Crippen molar-refractivity contribution in [3.05, 3.63) is 69.1 Å². The van der Waals surface area contributed by atoms with Gasteiger partial charge in [-0.25, -0.2) is 4.79 Å². The summed E-state index contributed by atoms with van der Waals surface area (Å²) in [5.41, 5.74) is 1.12. The Morgan fingerprint density at radius 2 is 1.81 bits per heavy atom. The van der Waals surface area contributed by atoms with Crippen LogP contribution in [0.4, 0.5) is 0 Å². The highest BCUT2D eigenvalue weighted by Crippen LogP contribution is 2.39. The molecule has 1 amide bonds. The lowest BCUT2D eigenvalue weighted by Crippen LogP contribution is -2.40.